The predicted molar refractivity (Wildman–Crippen MR) is 88.5 cm³/mol. The molecule has 0 atom stereocenters. The maximum Gasteiger partial charge on any atom is 0.316 e. The van der Waals surface area contributed by atoms with E-state index in [0.717, 1.165) is 5.56 Å². The topological polar surface area (TPSA) is 57.0 Å². The van der Waals surface area contributed by atoms with Crippen LogP contribution in [0.3, 0.4) is 0 Å². The molecule has 22 heavy (non-hydrogen) atoms. The van der Waals surface area contributed by atoms with Gasteiger partial charge in [-0.1, -0.05) is 35.0 Å². The van der Waals surface area contributed by atoms with E-state index >= 15 is 0 Å². The van der Waals surface area contributed by atoms with E-state index in [1.54, 1.807) is 19.1 Å². The van der Waals surface area contributed by atoms with E-state index in [9.17, 15) is 4.79 Å². The van der Waals surface area contributed by atoms with Gasteiger partial charge >= 0.3 is 5.97 Å². The van der Waals surface area contributed by atoms with Crippen molar-refractivity contribution in [2.24, 2.45) is 0 Å². The molecule has 0 spiro atoms. The molecule has 8 heteroatoms. The summed E-state index contributed by atoms with van der Waals surface area (Å²) in [5.41, 5.74) is 0.826. The Kier molecular flexibility index (Phi) is 6.11. The molecule has 1 heterocycles. The van der Waals surface area contributed by atoms with Crippen molar-refractivity contribution in [1.29, 1.82) is 0 Å². The van der Waals surface area contributed by atoms with Gasteiger partial charge in [0.05, 0.1) is 22.4 Å². The van der Waals surface area contributed by atoms with Crippen LogP contribution in [-0.4, -0.2) is 33.1 Å². The molecule has 0 aliphatic carbocycles. The molecule has 2 aromatic rings. The third-order valence-corrected chi connectivity index (χ3v) is 4.51. The zero-order valence-corrected chi connectivity index (χ0v) is 14.5. The van der Waals surface area contributed by atoms with Gasteiger partial charge in [-0.2, -0.15) is 0 Å². The summed E-state index contributed by atoms with van der Waals surface area (Å²) >= 11 is 13.3. The van der Waals surface area contributed by atoms with E-state index in [4.69, 9.17) is 27.9 Å². The van der Waals surface area contributed by atoms with Crippen molar-refractivity contribution in [3.8, 4) is 11.4 Å². The van der Waals surface area contributed by atoms with Crippen molar-refractivity contribution >= 4 is 40.9 Å². The number of halogens is 2. The third kappa shape index (κ3) is 3.94. The lowest BCUT2D eigenvalue weighted by atomic mass is 10.2. The van der Waals surface area contributed by atoms with Crippen molar-refractivity contribution in [1.82, 2.24) is 14.8 Å². The van der Waals surface area contributed by atoms with Crippen LogP contribution >= 0.6 is 35.0 Å². The summed E-state index contributed by atoms with van der Waals surface area (Å²) in [5.74, 6) is 0.620. The fourth-order valence-electron chi connectivity index (χ4n) is 1.86. The Hall–Kier alpha value is -1.24. The monoisotopic (exact) mass is 359 g/mol. The highest BCUT2D eigenvalue weighted by atomic mass is 35.5. The van der Waals surface area contributed by atoms with Gasteiger partial charge in [0.1, 0.15) is 0 Å². The first-order valence-electron chi connectivity index (χ1n) is 6.73. The van der Waals surface area contributed by atoms with Gasteiger partial charge in [0.25, 0.3) is 0 Å². The summed E-state index contributed by atoms with van der Waals surface area (Å²) in [6.45, 7) is 4.81. The average Bonchev–Trinajstić information content (AvgIpc) is 2.91. The standard InChI is InChI=1S/C14H15Cl2N3O2S/c1-3-19-13(9-5-6-10(15)11(16)7-9)17-18-14(19)22-8-12(20)21-4-2/h5-7H,3-4,8H2,1-2H3. The molecule has 0 aliphatic heterocycles. The fraction of sp³-hybridized carbons (Fsp3) is 0.357. The molecule has 0 saturated carbocycles. The zero-order chi connectivity index (χ0) is 16.1. The van der Waals surface area contributed by atoms with Crippen LogP contribution in [0.4, 0.5) is 0 Å². The fourth-order valence-corrected chi connectivity index (χ4v) is 2.95. The molecule has 0 fully saturated rings. The highest BCUT2D eigenvalue weighted by Gasteiger charge is 2.15. The summed E-state index contributed by atoms with van der Waals surface area (Å²) in [4.78, 5) is 11.4. The number of ether oxygens (including phenoxy) is 1. The lowest BCUT2D eigenvalue weighted by Gasteiger charge is -2.08. The summed E-state index contributed by atoms with van der Waals surface area (Å²) in [5, 5.41) is 9.95. The number of benzene rings is 1. The second-order valence-electron chi connectivity index (χ2n) is 4.27. The number of carbonyl (C=O) groups excluding carboxylic acids is 1. The van der Waals surface area contributed by atoms with Crippen molar-refractivity contribution < 1.29 is 9.53 Å². The molecule has 0 unspecified atom stereocenters. The Labute approximate surface area is 143 Å². The molecule has 0 radical (unpaired) electrons. The first-order chi connectivity index (χ1) is 10.6. The number of nitrogens with zero attached hydrogens (tertiary/aromatic N) is 3. The van der Waals surface area contributed by atoms with Crippen molar-refractivity contribution in [3.05, 3.63) is 28.2 Å². The maximum absolute atomic E-state index is 11.4. The minimum atomic E-state index is -0.269. The van der Waals surface area contributed by atoms with Crippen LogP contribution < -0.4 is 0 Å². The van der Waals surface area contributed by atoms with E-state index in [1.807, 2.05) is 17.6 Å². The lowest BCUT2D eigenvalue weighted by molar-refractivity contribution is -0.139. The second-order valence-corrected chi connectivity index (χ2v) is 6.03. The SMILES string of the molecule is CCOC(=O)CSc1nnc(-c2ccc(Cl)c(Cl)c2)n1CC. The van der Waals surface area contributed by atoms with Gasteiger partial charge in [0.2, 0.25) is 0 Å². The number of hydrogen-bond donors (Lipinski definition) is 0. The van der Waals surface area contributed by atoms with Gasteiger partial charge in [-0.3, -0.25) is 4.79 Å². The molecule has 1 aromatic carbocycles. The van der Waals surface area contributed by atoms with Gasteiger partial charge in [-0.25, -0.2) is 0 Å². The van der Waals surface area contributed by atoms with Crippen LogP contribution in [0.1, 0.15) is 13.8 Å². The molecule has 0 amide bonds. The first kappa shape index (κ1) is 17.1. The van der Waals surface area contributed by atoms with Crippen LogP contribution in [-0.2, 0) is 16.1 Å². The molecular weight excluding hydrogens is 345 g/mol. The summed E-state index contributed by atoms with van der Waals surface area (Å²) in [7, 11) is 0. The third-order valence-electron chi connectivity index (χ3n) is 2.84. The lowest BCUT2D eigenvalue weighted by Crippen LogP contribution is -2.08. The number of rotatable bonds is 6. The van der Waals surface area contributed by atoms with Gasteiger partial charge in [0.15, 0.2) is 11.0 Å². The van der Waals surface area contributed by atoms with Gasteiger partial charge < -0.3 is 9.30 Å². The number of carbonyl (C=O) groups is 1. The molecule has 0 N–H and O–H groups in total. The van der Waals surface area contributed by atoms with Crippen molar-refractivity contribution in [2.75, 3.05) is 12.4 Å². The molecule has 5 nitrogen and oxygen atoms in total. The molecule has 1 aromatic heterocycles. The molecule has 0 saturated heterocycles. The van der Waals surface area contributed by atoms with Crippen LogP contribution in [0, 0.1) is 0 Å². The summed E-state index contributed by atoms with van der Waals surface area (Å²) in [6.07, 6.45) is 0. The summed E-state index contributed by atoms with van der Waals surface area (Å²) < 4.78 is 6.83. The van der Waals surface area contributed by atoms with Crippen molar-refractivity contribution in [2.45, 2.75) is 25.5 Å². The van der Waals surface area contributed by atoms with E-state index in [-0.39, 0.29) is 11.7 Å². The zero-order valence-electron chi connectivity index (χ0n) is 12.2. The highest BCUT2D eigenvalue weighted by Crippen LogP contribution is 2.29. The van der Waals surface area contributed by atoms with E-state index in [0.29, 0.717) is 34.2 Å². The molecule has 0 bridgehead atoms. The number of hydrogen-bond acceptors (Lipinski definition) is 5. The van der Waals surface area contributed by atoms with Crippen LogP contribution in [0.25, 0.3) is 11.4 Å². The van der Waals surface area contributed by atoms with Crippen LogP contribution in [0.5, 0.6) is 0 Å². The predicted octanol–water partition coefficient (Wildman–Crippen LogP) is 3.93. The Morgan fingerprint density at radius 1 is 1.27 bits per heavy atom. The minimum absolute atomic E-state index is 0.202. The first-order valence-corrected chi connectivity index (χ1v) is 8.48. The Bertz CT molecular complexity index is 676. The maximum atomic E-state index is 11.4. The quantitative estimate of drug-likeness (QED) is 0.577. The Balaban J connectivity index is 2.23. The van der Waals surface area contributed by atoms with Gasteiger partial charge in [-0.15, -0.1) is 10.2 Å². The molecule has 0 aliphatic rings. The molecule has 118 valence electrons. The van der Waals surface area contributed by atoms with E-state index in [1.165, 1.54) is 11.8 Å². The van der Waals surface area contributed by atoms with Crippen molar-refractivity contribution in [3.63, 3.8) is 0 Å². The Morgan fingerprint density at radius 3 is 2.68 bits per heavy atom. The van der Waals surface area contributed by atoms with E-state index < -0.39 is 0 Å². The summed E-state index contributed by atoms with van der Waals surface area (Å²) in [6, 6.07) is 5.31. The smallest absolute Gasteiger partial charge is 0.316 e. The molecule has 2 rings (SSSR count). The molecular formula is C14H15Cl2N3O2S. The van der Waals surface area contributed by atoms with Gasteiger partial charge in [-0.05, 0) is 32.0 Å². The number of esters is 1. The average molecular weight is 360 g/mol. The minimum Gasteiger partial charge on any atom is -0.465 e. The van der Waals surface area contributed by atoms with Crippen LogP contribution in [0.15, 0.2) is 23.4 Å². The Morgan fingerprint density at radius 2 is 2.05 bits per heavy atom. The second kappa shape index (κ2) is 7.85. The largest absolute Gasteiger partial charge is 0.465 e. The van der Waals surface area contributed by atoms with E-state index in [2.05, 4.69) is 10.2 Å². The number of aromatic nitrogens is 3. The normalized spacial score (nSPS) is 10.7. The van der Waals surface area contributed by atoms with Crippen LogP contribution in [0.2, 0.25) is 10.0 Å². The van der Waals surface area contributed by atoms with Gasteiger partial charge in [0, 0.05) is 12.1 Å². The number of thioether (sulfide) groups is 1. The highest BCUT2D eigenvalue weighted by molar-refractivity contribution is 7.99.